The van der Waals surface area contributed by atoms with E-state index in [9.17, 15) is 13.2 Å². The van der Waals surface area contributed by atoms with E-state index >= 15 is 0 Å². The molecule has 1 N–H and O–H groups in total. The highest BCUT2D eigenvalue weighted by molar-refractivity contribution is 7.89. The lowest BCUT2D eigenvalue weighted by Crippen LogP contribution is -2.55. The smallest absolute Gasteiger partial charge is 0.244 e. The number of ether oxygens (including phenoxy) is 1. The summed E-state index contributed by atoms with van der Waals surface area (Å²) in [6.45, 7) is 8.17. The molecule has 1 aromatic rings. The molecule has 1 fully saturated rings. The molecule has 0 aliphatic carbocycles. The summed E-state index contributed by atoms with van der Waals surface area (Å²) in [6.07, 6.45) is 0. The van der Waals surface area contributed by atoms with Crippen LogP contribution in [0.25, 0.3) is 0 Å². The standard InChI is InChI=1S/C15H22N2O4S/c1-5-21-13-8-11(3)14(9-10(13)2)22(19,20)17-7-6-16-15(18)12(17)4/h8-9,12H,5-7H2,1-4H3,(H,16,18). The molecule has 0 spiro atoms. The van der Waals surface area contributed by atoms with Crippen LogP contribution in [-0.4, -0.2) is 44.4 Å². The van der Waals surface area contributed by atoms with E-state index in [1.165, 1.54) is 4.31 Å². The van der Waals surface area contributed by atoms with Crippen molar-refractivity contribution in [1.82, 2.24) is 9.62 Å². The highest BCUT2D eigenvalue weighted by Gasteiger charge is 2.36. The molecule has 0 bridgehead atoms. The molecule has 1 aliphatic heterocycles. The van der Waals surface area contributed by atoms with Gasteiger partial charge in [-0.05, 0) is 51.0 Å². The fourth-order valence-electron chi connectivity index (χ4n) is 2.57. The van der Waals surface area contributed by atoms with E-state index in [2.05, 4.69) is 5.32 Å². The number of hydrogen-bond acceptors (Lipinski definition) is 4. The van der Waals surface area contributed by atoms with E-state index in [-0.39, 0.29) is 17.3 Å². The molecule has 7 heteroatoms. The Morgan fingerprint density at radius 3 is 2.64 bits per heavy atom. The number of rotatable bonds is 4. The zero-order valence-electron chi connectivity index (χ0n) is 13.3. The maximum absolute atomic E-state index is 12.9. The van der Waals surface area contributed by atoms with Gasteiger partial charge in [0.1, 0.15) is 11.8 Å². The van der Waals surface area contributed by atoms with Crippen LogP contribution >= 0.6 is 0 Å². The lowest BCUT2D eigenvalue weighted by Gasteiger charge is -2.32. The van der Waals surface area contributed by atoms with Gasteiger partial charge in [-0.25, -0.2) is 8.42 Å². The average Bonchev–Trinajstić information content (AvgIpc) is 2.45. The molecule has 1 saturated heterocycles. The molecule has 1 aromatic carbocycles. The average molecular weight is 326 g/mol. The van der Waals surface area contributed by atoms with E-state index in [1.807, 2.05) is 13.8 Å². The highest BCUT2D eigenvalue weighted by Crippen LogP contribution is 2.29. The van der Waals surface area contributed by atoms with Crippen molar-refractivity contribution in [3.63, 3.8) is 0 Å². The second-order valence-corrected chi connectivity index (χ2v) is 7.26. The molecule has 6 nitrogen and oxygen atoms in total. The molecule has 1 heterocycles. The lowest BCUT2D eigenvalue weighted by molar-refractivity contribution is -0.126. The third-order valence-electron chi connectivity index (χ3n) is 3.80. The Balaban J connectivity index is 2.45. The Labute approximate surface area is 131 Å². The third-order valence-corrected chi connectivity index (χ3v) is 5.91. The van der Waals surface area contributed by atoms with E-state index in [0.29, 0.717) is 24.5 Å². The van der Waals surface area contributed by atoms with Crippen LogP contribution in [0.4, 0.5) is 0 Å². The van der Waals surface area contributed by atoms with Crippen molar-refractivity contribution in [3.05, 3.63) is 23.3 Å². The molecule has 1 amide bonds. The summed E-state index contributed by atoms with van der Waals surface area (Å²) in [5.74, 6) is 0.415. The van der Waals surface area contributed by atoms with Crippen molar-refractivity contribution in [2.75, 3.05) is 19.7 Å². The zero-order valence-corrected chi connectivity index (χ0v) is 14.2. The number of aryl methyl sites for hydroxylation is 2. The van der Waals surface area contributed by atoms with Crippen molar-refractivity contribution in [2.45, 2.75) is 38.6 Å². The summed E-state index contributed by atoms with van der Waals surface area (Å²) in [7, 11) is -3.71. The molecule has 0 aromatic heterocycles. The number of carbonyl (C=O) groups excluding carboxylic acids is 1. The van der Waals surface area contributed by atoms with Gasteiger partial charge in [0.05, 0.1) is 11.5 Å². The van der Waals surface area contributed by atoms with Gasteiger partial charge < -0.3 is 10.1 Å². The maximum atomic E-state index is 12.9. The summed E-state index contributed by atoms with van der Waals surface area (Å²) in [5.41, 5.74) is 1.38. The van der Waals surface area contributed by atoms with Crippen LogP contribution in [0.2, 0.25) is 0 Å². The molecule has 2 rings (SSSR count). The second kappa shape index (κ2) is 6.26. The Bertz CT molecular complexity index is 685. The minimum Gasteiger partial charge on any atom is -0.494 e. The van der Waals surface area contributed by atoms with Gasteiger partial charge in [0.15, 0.2) is 0 Å². The Hall–Kier alpha value is -1.60. The van der Waals surface area contributed by atoms with Crippen molar-refractivity contribution in [2.24, 2.45) is 0 Å². The number of benzene rings is 1. The van der Waals surface area contributed by atoms with Crippen molar-refractivity contribution < 1.29 is 17.9 Å². The summed E-state index contributed by atoms with van der Waals surface area (Å²) >= 11 is 0. The van der Waals surface area contributed by atoms with E-state index in [0.717, 1.165) is 5.56 Å². The van der Waals surface area contributed by atoms with Crippen molar-refractivity contribution in [1.29, 1.82) is 0 Å². The number of sulfonamides is 1. The van der Waals surface area contributed by atoms with Gasteiger partial charge in [-0.1, -0.05) is 0 Å². The first-order chi connectivity index (χ1) is 10.3. The van der Waals surface area contributed by atoms with Crippen molar-refractivity contribution >= 4 is 15.9 Å². The molecule has 1 unspecified atom stereocenters. The minimum atomic E-state index is -3.71. The van der Waals surface area contributed by atoms with Crippen LogP contribution in [0.15, 0.2) is 17.0 Å². The fourth-order valence-corrected chi connectivity index (χ4v) is 4.46. The molecule has 0 radical (unpaired) electrons. The normalized spacial score (nSPS) is 19.8. The summed E-state index contributed by atoms with van der Waals surface area (Å²) in [6, 6.07) is 2.65. The van der Waals surface area contributed by atoms with Gasteiger partial charge in [0.2, 0.25) is 15.9 Å². The number of nitrogens with one attached hydrogen (secondary N) is 1. The first-order valence-corrected chi connectivity index (χ1v) is 8.76. The van der Waals surface area contributed by atoms with Crippen LogP contribution in [0, 0.1) is 13.8 Å². The quantitative estimate of drug-likeness (QED) is 0.902. The molecule has 122 valence electrons. The Morgan fingerprint density at radius 2 is 2.00 bits per heavy atom. The largest absolute Gasteiger partial charge is 0.494 e. The highest BCUT2D eigenvalue weighted by atomic mass is 32.2. The van der Waals surface area contributed by atoms with Crippen LogP contribution in [0.3, 0.4) is 0 Å². The van der Waals surface area contributed by atoms with Crippen LogP contribution in [0.5, 0.6) is 5.75 Å². The van der Waals surface area contributed by atoms with Gasteiger partial charge in [0.25, 0.3) is 0 Å². The van der Waals surface area contributed by atoms with Gasteiger partial charge in [0, 0.05) is 13.1 Å². The predicted molar refractivity (Wildman–Crippen MR) is 83.4 cm³/mol. The number of amides is 1. The molecule has 1 aliphatic rings. The molecular formula is C15H22N2O4S. The molecule has 1 atom stereocenters. The van der Waals surface area contributed by atoms with Gasteiger partial charge >= 0.3 is 0 Å². The number of carbonyl (C=O) groups is 1. The first-order valence-electron chi connectivity index (χ1n) is 7.32. The Morgan fingerprint density at radius 1 is 1.32 bits per heavy atom. The molecular weight excluding hydrogens is 304 g/mol. The molecule has 0 saturated carbocycles. The third kappa shape index (κ3) is 2.96. The number of hydrogen-bond donors (Lipinski definition) is 1. The second-order valence-electron chi connectivity index (χ2n) is 5.40. The molecule has 22 heavy (non-hydrogen) atoms. The van der Waals surface area contributed by atoms with E-state index in [4.69, 9.17) is 4.74 Å². The maximum Gasteiger partial charge on any atom is 0.244 e. The predicted octanol–water partition coefficient (Wildman–Crippen LogP) is 1.21. The zero-order chi connectivity index (χ0) is 16.5. The van der Waals surface area contributed by atoms with Crippen LogP contribution in [-0.2, 0) is 14.8 Å². The van der Waals surface area contributed by atoms with Gasteiger partial charge in [-0.2, -0.15) is 4.31 Å². The minimum absolute atomic E-state index is 0.231. The van der Waals surface area contributed by atoms with Crippen molar-refractivity contribution in [3.8, 4) is 5.75 Å². The number of piperazine rings is 1. The van der Waals surface area contributed by atoms with Crippen LogP contribution in [0.1, 0.15) is 25.0 Å². The van der Waals surface area contributed by atoms with Gasteiger partial charge in [-0.15, -0.1) is 0 Å². The topological polar surface area (TPSA) is 75.7 Å². The fraction of sp³-hybridized carbons (Fsp3) is 0.533. The summed E-state index contributed by atoms with van der Waals surface area (Å²) in [4.78, 5) is 12.0. The lowest BCUT2D eigenvalue weighted by atomic mass is 10.1. The number of nitrogens with zero attached hydrogens (tertiary/aromatic N) is 1. The SMILES string of the molecule is CCOc1cc(C)c(S(=O)(=O)N2CCNC(=O)C2C)cc1C. The first kappa shape index (κ1) is 16.8. The van der Waals surface area contributed by atoms with E-state index < -0.39 is 16.1 Å². The van der Waals surface area contributed by atoms with Gasteiger partial charge in [-0.3, -0.25) is 4.79 Å². The Kier molecular flexibility index (Phi) is 4.77. The monoisotopic (exact) mass is 326 g/mol. The van der Waals surface area contributed by atoms with E-state index in [1.54, 1.807) is 26.0 Å². The van der Waals surface area contributed by atoms with Crippen LogP contribution < -0.4 is 10.1 Å². The summed E-state index contributed by atoms with van der Waals surface area (Å²) in [5, 5.41) is 2.67. The summed E-state index contributed by atoms with van der Waals surface area (Å²) < 4.78 is 32.5.